The van der Waals surface area contributed by atoms with Crippen LogP contribution in [0.2, 0.25) is 0 Å². The highest BCUT2D eigenvalue weighted by atomic mass is 15.3. The van der Waals surface area contributed by atoms with Crippen LogP contribution in [0.3, 0.4) is 0 Å². The van der Waals surface area contributed by atoms with Gasteiger partial charge in [-0.3, -0.25) is 9.88 Å². The molecule has 3 rings (SSSR count). The number of aromatic nitrogens is 4. The summed E-state index contributed by atoms with van der Waals surface area (Å²) in [5.74, 6) is 2.51. The molecular formula is C20H31N7. The molecule has 1 atom stereocenters. The molecule has 146 valence electrons. The third-order valence-corrected chi connectivity index (χ3v) is 5.16. The molecule has 7 nitrogen and oxygen atoms in total. The van der Waals surface area contributed by atoms with Gasteiger partial charge in [-0.05, 0) is 37.5 Å². The first-order chi connectivity index (χ1) is 12.9. The summed E-state index contributed by atoms with van der Waals surface area (Å²) in [5, 5.41) is 3.55. The number of pyridine rings is 1. The number of nitrogens with zero attached hydrogens (tertiary/aromatic N) is 6. The summed E-state index contributed by atoms with van der Waals surface area (Å²) in [6.45, 7) is 8.61. The van der Waals surface area contributed by atoms with E-state index < -0.39 is 0 Å². The molecule has 2 aromatic rings. The van der Waals surface area contributed by atoms with E-state index in [9.17, 15) is 0 Å². The van der Waals surface area contributed by atoms with Crippen molar-refractivity contribution in [3.8, 4) is 0 Å². The zero-order valence-electron chi connectivity index (χ0n) is 17.1. The fourth-order valence-corrected chi connectivity index (χ4v) is 3.37. The maximum Gasteiger partial charge on any atom is 0.229 e. The Morgan fingerprint density at radius 2 is 1.70 bits per heavy atom. The van der Waals surface area contributed by atoms with Crippen molar-refractivity contribution in [2.24, 2.45) is 0 Å². The van der Waals surface area contributed by atoms with Crippen molar-refractivity contribution in [2.45, 2.75) is 51.6 Å². The lowest BCUT2D eigenvalue weighted by atomic mass is 10.0. The molecule has 1 aliphatic rings. The molecule has 27 heavy (non-hydrogen) atoms. The number of piperidine rings is 1. The van der Waals surface area contributed by atoms with Crippen molar-refractivity contribution in [3.05, 3.63) is 35.9 Å². The minimum Gasteiger partial charge on any atom is -0.351 e. The Kier molecular flexibility index (Phi) is 6.21. The van der Waals surface area contributed by atoms with Gasteiger partial charge in [0.1, 0.15) is 5.82 Å². The van der Waals surface area contributed by atoms with E-state index in [2.05, 4.69) is 63.1 Å². The van der Waals surface area contributed by atoms with Gasteiger partial charge in [0.25, 0.3) is 0 Å². The van der Waals surface area contributed by atoms with Crippen LogP contribution in [0.15, 0.2) is 24.5 Å². The third-order valence-electron chi connectivity index (χ3n) is 5.16. The van der Waals surface area contributed by atoms with E-state index in [0.29, 0.717) is 24.0 Å². The first kappa shape index (κ1) is 19.5. The molecule has 0 aliphatic carbocycles. The molecule has 0 saturated carbocycles. The molecule has 0 amide bonds. The van der Waals surface area contributed by atoms with Gasteiger partial charge >= 0.3 is 0 Å². The second kappa shape index (κ2) is 8.61. The Morgan fingerprint density at radius 3 is 2.30 bits per heavy atom. The molecule has 1 fully saturated rings. The van der Waals surface area contributed by atoms with Crippen molar-refractivity contribution in [1.29, 1.82) is 0 Å². The predicted molar refractivity (Wildman–Crippen MR) is 109 cm³/mol. The van der Waals surface area contributed by atoms with Crippen LogP contribution in [0.4, 0.5) is 11.9 Å². The predicted octanol–water partition coefficient (Wildman–Crippen LogP) is 3.09. The molecule has 0 aromatic carbocycles. The quantitative estimate of drug-likeness (QED) is 0.839. The molecule has 1 unspecified atom stereocenters. The van der Waals surface area contributed by atoms with E-state index in [-0.39, 0.29) is 5.92 Å². The molecule has 3 heterocycles. The van der Waals surface area contributed by atoms with Crippen LogP contribution in [0.1, 0.15) is 57.0 Å². The van der Waals surface area contributed by atoms with Crippen molar-refractivity contribution in [2.75, 3.05) is 37.4 Å². The molecule has 1 aliphatic heterocycles. The maximum atomic E-state index is 4.63. The number of nitrogens with one attached hydrogen (secondary N) is 1. The largest absolute Gasteiger partial charge is 0.351 e. The lowest BCUT2D eigenvalue weighted by molar-refractivity contribution is 0.167. The van der Waals surface area contributed by atoms with E-state index in [0.717, 1.165) is 31.8 Å². The van der Waals surface area contributed by atoms with Gasteiger partial charge in [-0.2, -0.15) is 15.0 Å². The van der Waals surface area contributed by atoms with Crippen LogP contribution in [-0.2, 0) is 0 Å². The van der Waals surface area contributed by atoms with Crippen LogP contribution in [0.5, 0.6) is 0 Å². The highest BCUT2D eigenvalue weighted by Crippen LogP contribution is 2.25. The summed E-state index contributed by atoms with van der Waals surface area (Å²) in [6.07, 6.45) is 5.90. The Morgan fingerprint density at radius 1 is 1.04 bits per heavy atom. The van der Waals surface area contributed by atoms with E-state index in [4.69, 9.17) is 0 Å². The van der Waals surface area contributed by atoms with E-state index in [1.54, 1.807) is 0 Å². The molecule has 1 saturated heterocycles. The van der Waals surface area contributed by atoms with Crippen LogP contribution in [0, 0.1) is 0 Å². The fourth-order valence-electron chi connectivity index (χ4n) is 3.37. The minimum absolute atomic E-state index is 0.273. The summed E-state index contributed by atoms with van der Waals surface area (Å²) in [6, 6.07) is 5.02. The monoisotopic (exact) mass is 369 g/mol. The smallest absolute Gasteiger partial charge is 0.229 e. The lowest BCUT2D eigenvalue weighted by Gasteiger charge is -2.36. The highest BCUT2D eigenvalue weighted by Gasteiger charge is 2.24. The van der Waals surface area contributed by atoms with Crippen molar-refractivity contribution < 1.29 is 0 Å². The average Bonchev–Trinajstić information content (AvgIpc) is 2.68. The Hall–Kier alpha value is -2.28. The second-order valence-corrected chi connectivity index (χ2v) is 7.78. The third kappa shape index (κ3) is 4.91. The highest BCUT2D eigenvalue weighted by molar-refractivity contribution is 5.37. The number of anilines is 2. The van der Waals surface area contributed by atoms with Crippen molar-refractivity contribution in [3.63, 3.8) is 0 Å². The summed E-state index contributed by atoms with van der Waals surface area (Å²) in [4.78, 5) is 22.3. The number of hydrogen-bond donors (Lipinski definition) is 1. The van der Waals surface area contributed by atoms with E-state index >= 15 is 0 Å². The summed E-state index contributed by atoms with van der Waals surface area (Å²) in [7, 11) is 3.92. The topological polar surface area (TPSA) is 70.1 Å². The maximum absolute atomic E-state index is 4.63. The number of likely N-dealkylation sites (tertiary alicyclic amines) is 1. The molecule has 2 aromatic heterocycles. The Bertz CT molecular complexity index is 698. The van der Waals surface area contributed by atoms with Crippen LogP contribution in [0.25, 0.3) is 0 Å². The Labute approximate surface area is 162 Å². The van der Waals surface area contributed by atoms with E-state index in [1.807, 2.05) is 31.4 Å². The first-order valence-electron chi connectivity index (χ1n) is 9.78. The lowest BCUT2D eigenvalue weighted by Crippen LogP contribution is -2.40. The zero-order chi connectivity index (χ0) is 19.4. The van der Waals surface area contributed by atoms with Gasteiger partial charge in [0.15, 0.2) is 0 Å². The number of rotatable bonds is 6. The van der Waals surface area contributed by atoms with Gasteiger partial charge in [0.05, 0.1) is 0 Å². The van der Waals surface area contributed by atoms with Crippen LogP contribution in [-0.4, -0.2) is 58.1 Å². The fraction of sp³-hybridized carbons (Fsp3) is 0.600. The van der Waals surface area contributed by atoms with Gasteiger partial charge < -0.3 is 10.2 Å². The van der Waals surface area contributed by atoms with Gasteiger partial charge in [0, 0.05) is 57.6 Å². The molecule has 0 spiro atoms. The number of hydrogen-bond acceptors (Lipinski definition) is 7. The minimum atomic E-state index is 0.273. The van der Waals surface area contributed by atoms with Gasteiger partial charge in [-0.1, -0.05) is 13.8 Å². The second-order valence-electron chi connectivity index (χ2n) is 7.78. The molecule has 1 N–H and O–H groups in total. The SMILES string of the molecule is CC(C)c1nc(NC2CCN(C(C)c3ccncc3)CC2)nc(N(C)C)n1. The average molecular weight is 370 g/mol. The zero-order valence-corrected chi connectivity index (χ0v) is 17.1. The van der Waals surface area contributed by atoms with Gasteiger partial charge in [0.2, 0.25) is 11.9 Å². The van der Waals surface area contributed by atoms with Gasteiger partial charge in [-0.15, -0.1) is 0 Å². The van der Waals surface area contributed by atoms with Gasteiger partial charge in [-0.25, -0.2) is 0 Å². The molecule has 7 heteroatoms. The molecule has 0 radical (unpaired) electrons. The van der Waals surface area contributed by atoms with Crippen molar-refractivity contribution in [1.82, 2.24) is 24.8 Å². The van der Waals surface area contributed by atoms with E-state index in [1.165, 1.54) is 5.56 Å². The normalized spacial score (nSPS) is 17.1. The van der Waals surface area contributed by atoms with Crippen LogP contribution >= 0.6 is 0 Å². The standard InChI is InChI=1S/C20H31N7/c1-14(2)18-23-19(25-20(24-18)26(4)5)22-17-8-12-27(13-9-17)15(3)16-6-10-21-11-7-16/h6-7,10-11,14-15,17H,8-9,12-13H2,1-5H3,(H,22,23,24,25). The van der Waals surface area contributed by atoms with Crippen molar-refractivity contribution >= 4 is 11.9 Å². The summed E-state index contributed by atoms with van der Waals surface area (Å²) >= 11 is 0. The summed E-state index contributed by atoms with van der Waals surface area (Å²) < 4.78 is 0. The Balaban J connectivity index is 1.62. The first-order valence-corrected chi connectivity index (χ1v) is 9.78. The molecular weight excluding hydrogens is 338 g/mol. The molecule has 0 bridgehead atoms. The summed E-state index contributed by atoms with van der Waals surface area (Å²) in [5.41, 5.74) is 1.33. The van der Waals surface area contributed by atoms with Crippen LogP contribution < -0.4 is 10.2 Å².